The maximum absolute atomic E-state index is 12.2. The Morgan fingerprint density at radius 1 is 1.19 bits per heavy atom. The fraction of sp³-hybridized carbons (Fsp3) is 0.588. The maximum Gasteiger partial charge on any atom is 0.534 e. The SMILES string of the molecule is CC(C)(C)C(=O)OCC1(CC/C=C\OS(=O)(=O)C(F)(F)F)C=CCC=C1. The zero-order valence-corrected chi connectivity index (χ0v) is 15.7. The molecule has 0 fully saturated rings. The van der Waals surface area contributed by atoms with E-state index in [1.165, 1.54) is 6.08 Å². The highest BCUT2D eigenvalue weighted by molar-refractivity contribution is 7.87. The minimum atomic E-state index is -5.64. The van der Waals surface area contributed by atoms with E-state index in [1.54, 1.807) is 20.8 Å². The molecule has 9 heteroatoms. The number of halogens is 3. The average Bonchev–Trinajstić information content (AvgIpc) is 2.51. The number of carbonyl (C=O) groups excluding carboxylic acids is 1. The van der Waals surface area contributed by atoms with Crippen molar-refractivity contribution in [2.24, 2.45) is 10.8 Å². The second-order valence-corrected chi connectivity index (χ2v) is 8.57. The zero-order chi connectivity index (χ0) is 20.1. The van der Waals surface area contributed by atoms with Gasteiger partial charge in [-0.25, -0.2) is 0 Å². The Morgan fingerprint density at radius 3 is 2.27 bits per heavy atom. The second-order valence-electron chi connectivity index (χ2n) is 7.01. The van der Waals surface area contributed by atoms with Gasteiger partial charge >= 0.3 is 21.6 Å². The summed E-state index contributed by atoms with van der Waals surface area (Å²) < 4.78 is 67.2. The van der Waals surface area contributed by atoms with E-state index >= 15 is 0 Å². The van der Waals surface area contributed by atoms with Crippen LogP contribution >= 0.6 is 0 Å². The number of hydrogen-bond donors (Lipinski definition) is 0. The summed E-state index contributed by atoms with van der Waals surface area (Å²) in [5, 5.41) is 0. The van der Waals surface area contributed by atoms with Gasteiger partial charge in [-0.2, -0.15) is 21.6 Å². The molecule has 0 saturated carbocycles. The van der Waals surface area contributed by atoms with Gasteiger partial charge in [0.05, 0.1) is 5.41 Å². The van der Waals surface area contributed by atoms with Crippen LogP contribution in [0.25, 0.3) is 0 Å². The van der Waals surface area contributed by atoms with E-state index in [1.807, 2.05) is 24.3 Å². The van der Waals surface area contributed by atoms with E-state index in [0.29, 0.717) is 12.7 Å². The smallest absolute Gasteiger partial charge is 0.464 e. The Labute approximate surface area is 151 Å². The first kappa shape index (κ1) is 22.3. The van der Waals surface area contributed by atoms with Crippen molar-refractivity contribution in [3.8, 4) is 0 Å². The predicted molar refractivity (Wildman–Crippen MR) is 90.2 cm³/mol. The Balaban J connectivity index is 2.65. The number of alkyl halides is 3. The summed E-state index contributed by atoms with van der Waals surface area (Å²) >= 11 is 0. The van der Waals surface area contributed by atoms with Gasteiger partial charge in [-0.15, -0.1) is 0 Å². The van der Waals surface area contributed by atoms with E-state index in [0.717, 1.165) is 6.42 Å². The highest BCUT2D eigenvalue weighted by Gasteiger charge is 2.47. The van der Waals surface area contributed by atoms with Crippen molar-refractivity contribution in [1.82, 2.24) is 0 Å². The minimum absolute atomic E-state index is 0.0889. The number of esters is 1. The minimum Gasteiger partial charge on any atom is -0.464 e. The van der Waals surface area contributed by atoms with Crippen LogP contribution in [0.2, 0.25) is 0 Å². The summed E-state index contributed by atoms with van der Waals surface area (Å²) in [4.78, 5) is 12.0. The quantitative estimate of drug-likeness (QED) is 0.212. The molecule has 0 bridgehead atoms. The Morgan fingerprint density at radius 2 is 1.77 bits per heavy atom. The number of carbonyl (C=O) groups is 1. The molecule has 0 spiro atoms. The second kappa shape index (κ2) is 8.28. The van der Waals surface area contributed by atoms with Crippen LogP contribution in [0, 0.1) is 10.8 Å². The predicted octanol–water partition coefficient (Wildman–Crippen LogP) is 4.24. The van der Waals surface area contributed by atoms with Crippen LogP contribution in [0.15, 0.2) is 36.6 Å². The first-order chi connectivity index (χ1) is 11.8. The molecule has 0 aromatic carbocycles. The molecule has 0 aromatic rings. The van der Waals surface area contributed by atoms with Crippen molar-refractivity contribution >= 4 is 16.1 Å². The summed E-state index contributed by atoms with van der Waals surface area (Å²) in [5.74, 6) is -0.362. The fourth-order valence-electron chi connectivity index (χ4n) is 2.08. The molecule has 0 aliphatic heterocycles. The summed E-state index contributed by atoms with van der Waals surface area (Å²) in [7, 11) is -5.64. The zero-order valence-electron chi connectivity index (χ0n) is 14.9. The topological polar surface area (TPSA) is 69.7 Å². The molecule has 0 aromatic heterocycles. The molecule has 1 aliphatic carbocycles. The largest absolute Gasteiger partial charge is 0.534 e. The lowest BCUT2D eigenvalue weighted by atomic mass is 9.80. The molecular weight excluding hydrogens is 373 g/mol. The van der Waals surface area contributed by atoms with Crippen LogP contribution in [0.4, 0.5) is 13.2 Å². The van der Waals surface area contributed by atoms with E-state index in [4.69, 9.17) is 4.74 Å². The molecule has 0 unspecified atom stereocenters. The van der Waals surface area contributed by atoms with Crippen LogP contribution in [0.5, 0.6) is 0 Å². The van der Waals surface area contributed by atoms with Gasteiger partial charge in [0.25, 0.3) is 0 Å². The standard InChI is InChI=1S/C17H23F3O5S/c1-15(2,3)14(21)24-13-16(9-5-4-6-10-16)11-7-8-12-25-26(22,23)17(18,19)20/h5-6,8-10,12H,4,7,11,13H2,1-3H3/b12-8-. The number of allylic oxidation sites excluding steroid dienone is 3. The van der Waals surface area contributed by atoms with Crippen LogP contribution in [-0.2, 0) is 23.8 Å². The molecule has 26 heavy (non-hydrogen) atoms. The summed E-state index contributed by atoms with van der Waals surface area (Å²) in [6.07, 6.45) is 10.6. The molecular formula is C17H23F3O5S. The van der Waals surface area contributed by atoms with Crippen molar-refractivity contribution in [2.45, 2.75) is 45.5 Å². The number of hydrogen-bond acceptors (Lipinski definition) is 5. The molecule has 0 saturated heterocycles. The van der Waals surface area contributed by atoms with E-state index < -0.39 is 26.5 Å². The van der Waals surface area contributed by atoms with Crippen molar-refractivity contribution in [3.63, 3.8) is 0 Å². The monoisotopic (exact) mass is 396 g/mol. The highest BCUT2D eigenvalue weighted by Crippen LogP contribution is 2.33. The van der Waals surface area contributed by atoms with Gasteiger partial charge in [-0.05, 0) is 46.1 Å². The third-order valence-corrected chi connectivity index (χ3v) is 4.53. The van der Waals surface area contributed by atoms with Crippen LogP contribution in [0.1, 0.15) is 40.0 Å². The third-order valence-electron chi connectivity index (χ3n) is 3.59. The van der Waals surface area contributed by atoms with Crippen molar-refractivity contribution in [2.75, 3.05) is 6.61 Å². The molecule has 0 N–H and O–H groups in total. The lowest BCUT2D eigenvalue weighted by Gasteiger charge is -2.30. The molecule has 1 rings (SSSR count). The van der Waals surface area contributed by atoms with Crippen molar-refractivity contribution in [3.05, 3.63) is 36.6 Å². The Bertz CT molecular complexity index is 670. The fourth-order valence-corrected chi connectivity index (χ4v) is 2.41. The summed E-state index contributed by atoms with van der Waals surface area (Å²) in [5.41, 5.74) is -6.70. The average molecular weight is 396 g/mol. The van der Waals surface area contributed by atoms with E-state index in [9.17, 15) is 26.4 Å². The van der Waals surface area contributed by atoms with Gasteiger partial charge in [0.1, 0.15) is 12.9 Å². The molecule has 5 nitrogen and oxygen atoms in total. The van der Waals surface area contributed by atoms with Gasteiger partial charge in [0.15, 0.2) is 0 Å². The normalized spacial score (nSPS) is 17.5. The molecule has 1 aliphatic rings. The highest BCUT2D eigenvalue weighted by atomic mass is 32.2. The summed E-state index contributed by atoms with van der Waals surface area (Å²) in [6.45, 7) is 5.28. The van der Waals surface area contributed by atoms with Crippen molar-refractivity contribution < 1.29 is 35.3 Å². The maximum atomic E-state index is 12.2. The van der Waals surface area contributed by atoms with Gasteiger partial charge in [0.2, 0.25) is 0 Å². The molecule has 0 radical (unpaired) electrons. The van der Waals surface area contributed by atoms with E-state index in [-0.39, 0.29) is 19.0 Å². The Hall–Kier alpha value is -1.77. The van der Waals surface area contributed by atoms with Crippen LogP contribution in [-0.4, -0.2) is 26.5 Å². The molecule has 0 heterocycles. The van der Waals surface area contributed by atoms with Gasteiger partial charge in [0, 0.05) is 5.41 Å². The first-order valence-corrected chi connectivity index (χ1v) is 9.37. The lowest BCUT2D eigenvalue weighted by Crippen LogP contribution is -2.30. The summed E-state index contributed by atoms with van der Waals surface area (Å²) in [6, 6.07) is 0. The van der Waals surface area contributed by atoms with Gasteiger partial charge < -0.3 is 8.92 Å². The number of rotatable bonds is 7. The molecule has 148 valence electrons. The van der Waals surface area contributed by atoms with E-state index in [2.05, 4.69) is 4.18 Å². The van der Waals surface area contributed by atoms with Crippen LogP contribution < -0.4 is 0 Å². The van der Waals surface area contributed by atoms with Gasteiger partial charge in [-0.3, -0.25) is 4.79 Å². The Kier molecular flexibility index (Phi) is 7.09. The van der Waals surface area contributed by atoms with Crippen molar-refractivity contribution in [1.29, 1.82) is 0 Å². The number of ether oxygens (including phenoxy) is 1. The first-order valence-electron chi connectivity index (χ1n) is 7.96. The molecule has 0 amide bonds. The third kappa shape index (κ3) is 6.51. The molecule has 0 atom stereocenters. The van der Waals surface area contributed by atoms with Crippen LogP contribution in [0.3, 0.4) is 0 Å². The lowest BCUT2D eigenvalue weighted by molar-refractivity contribution is -0.155. The van der Waals surface area contributed by atoms with Gasteiger partial charge in [-0.1, -0.05) is 24.3 Å².